The van der Waals surface area contributed by atoms with Crippen LogP contribution in [0.4, 0.5) is 15.8 Å². The summed E-state index contributed by atoms with van der Waals surface area (Å²) in [5.41, 5.74) is 2.52. The second kappa shape index (κ2) is 5.59. The summed E-state index contributed by atoms with van der Waals surface area (Å²) in [7, 11) is 1.84. The molecular formula is C14H12Cl2FN. The Morgan fingerprint density at radius 2 is 1.94 bits per heavy atom. The van der Waals surface area contributed by atoms with Gasteiger partial charge in [0.2, 0.25) is 0 Å². The third-order valence-electron chi connectivity index (χ3n) is 2.72. The molecule has 0 N–H and O–H groups in total. The number of rotatable bonds is 3. The van der Waals surface area contributed by atoms with Crippen LogP contribution >= 0.6 is 23.2 Å². The number of nitrogens with zero attached hydrogens (tertiary/aromatic N) is 1. The molecule has 0 saturated carbocycles. The molecule has 0 heterocycles. The SMILES string of the molecule is CN(c1cccc(F)c1)c1ccc(CCl)cc1Cl. The van der Waals surface area contributed by atoms with E-state index < -0.39 is 0 Å². The molecule has 1 nitrogen and oxygen atoms in total. The number of alkyl halides is 1. The fraction of sp³-hybridized carbons (Fsp3) is 0.143. The zero-order valence-corrected chi connectivity index (χ0v) is 11.3. The van der Waals surface area contributed by atoms with Crippen LogP contribution in [-0.4, -0.2) is 7.05 Å². The first kappa shape index (κ1) is 13.2. The van der Waals surface area contributed by atoms with Crippen molar-refractivity contribution in [2.75, 3.05) is 11.9 Å². The van der Waals surface area contributed by atoms with E-state index in [9.17, 15) is 4.39 Å². The number of halogens is 3. The molecule has 4 heteroatoms. The van der Waals surface area contributed by atoms with E-state index in [1.807, 2.05) is 36.2 Å². The molecule has 0 aliphatic heterocycles. The highest BCUT2D eigenvalue weighted by Gasteiger charge is 2.09. The maximum atomic E-state index is 13.2. The molecule has 2 rings (SSSR count). The summed E-state index contributed by atoms with van der Waals surface area (Å²) < 4.78 is 13.2. The molecular weight excluding hydrogens is 272 g/mol. The Morgan fingerprint density at radius 3 is 2.56 bits per heavy atom. The zero-order valence-electron chi connectivity index (χ0n) is 9.83. The lowest BCUT2D eigenvalue weighted by Gasteiger charge is -2.21. The Kier molecular flexibility index (Phi) is 4.10. The van der Waals surface area contributed by atoms with E-state index in [4.69, 9.17) is 23.2 Å². The fourth-order valence-electron chi connectivity index (χ4n) is 1.73. The summed E-state index contributed by atoms with van der Waals surface area (Å²) >= 11 is 11.9. The topological polar surface area (TPSA) is 3.24 Å². The van der Waals surface area contributed by atoms with Gasteiger partial charge in [-0.3, -0.25) is 0 Å². The molecule has 0 amide bonds. The van der Waals surface area contributed by atoms with Crippen molar-refractivity contribution in [3.63, 3.8) is 0 Å². The summed E-state index contributed by atoms with van der Waals surface area (Å²) in [5, 5.41) is 0.597. The molecule has 18 heavy (non-hydrogen) atoms. The Bertz CT molecular complexity index is 557. The van der Waals surface area contributed by atoms with Gasteiger partial charge >= 0.3 is 0 Å². The van der Waals surface area contributed by atoms with Crippen molar-refractivity contribution in [1.82, 2.24) is 0 Å². The molecule has 0 aliphatic rings. The second-order valence-electron chi connectivity index (χ2n) is 3.96. The van der Waals surface area contributed by atoms with E-state index in [1.54, 1.807) is 6.07 Å². The predicted octanol–water partition coefficient (Wildman–Crippen LogP) is 4.99. The molecule has 0 aromatic heterocycles. The number of anilines is 2. The lowest BCUT2D eigenvalue weighted by atomic mass is 10.2. The van der Waals surface area contributed by atoms with Crippen molar-refractivity contribution in [2.24, 2.45) is 0 Å². The molecule has 0 fully saturated rings. The number of hydrogen-bond donors (Lipinski definition) is 0. The minimum absolute atomic E-state index is 0.271. The highest BCUT2D eigenvalue weighted by atomic mass is 35.5. The van der Waals surface area contributed by atoms with Crippen LogP contribution < -0.4 is 4.90 Å². The van der Waals surface area contributed by atoms with E-state index >= 15 is 0 Å². The number of hydrogen-bond acceptors (Lipinski definition) is 1. The number of benzene rings is 2. The van der Waals surface area contributed by atoms with Gasteiger partial charge in [0.15, 0.2) is 0 Å². The van der Waals surface area contributed by atoms with Crippen molar-refractivity contribution in [3.05, 3.63) is 58.9 Å². The molecule has 0 radical (unpaired) electrons. The third kappa shape index (κ3) is 2.77. The zero-order chi connectivity index (χ0) is 13.1. The molecule has 94 valence electrons. The van der Waals surface area contributed by atoms with Crippen LogP contribution in [0.5, 0.6) is 0 Å². The maximum absolute atomic E-state index is 13.2. The summed E-state index contributed by atoms with van der Waals surface area (Å²) in [6.07, 6.45) is 0. The van der Waals surface area contributed by atoms with Crippen molar-refractivity contribution in [1.29, 1.82) is 0 Å². The maximum Gasteiger partial charge on any atom is 0.125 e. The average Bonchev–Trinajstić information content (AvgIpc) is 2.37. The lowest BCUT2D eigenvalue weighted by Crippen LogP contribution is -2.10. The van der Waals surface area contributed by atoms with Crippen LogP contribution in [-0.2, 0) is 5.88 Å². The average molecular weight is 284 g/mol. The van der Waals surface area contributed by atoms with Crippen LogP contribution in [0.25, 0.3) is 0 Å². The van der Waals surface area contributed by atoms with E-state index in [0.717, 1.165) is 16.9 Å². The van der Waals surface area contributed by atoms with Gasteiger partial charge in [-0.1, -0.05) is 23.7 Å². The van der Waals surface area contributed by atoms with Crippen molar-refractivity contribution < 1.29 is 4.39 Å². The largest absolute Gasteiger partial charge is 0.343 e. The Labute approximate surface area is 116 Å². The molecule has 0 spiro atoms. The quantitative estimate of drug-likeness (QED) is 0.718. The summed E-state index contributed by atoms with van der Waals surface area (Å²) in [4.78, 5) is 1.84. The van der Waals surface area contributed by atoms with Gasteiger partial charge in [0.25, 0.3) is 0 Å². The van der Waals surface area contributed by atoms with E-state index in [-0.39, 0.29) is 5.82 Å². The van der Waals surface area contributed by atoms with Gasteiger partial charge in [-0.15, -0.1) is 11.6 Å². The van der Waals surface area contributed by atoms with Gasteiger partial charge in [0.1, 0.15) is 5.82 Å². The van der Waals surface area contributed by atoms with Crippen molar-refractivity contribution >= 4 is 34.6 Å². The predicted molar refractivity (Wildman–Crippen MR) is 75.5 cm³/mol. The Hall–Kier alpha value is -1.25. The molecule has 0 unspecified atom stereocenters. The van der Waals surface area contributed by atoms with Gasteiger partial charge in [0, 0.05) is 18.6 Å². The smallest absolute Gasteiger partial charge is 0.125 e. The first-order valence-corrected chi connectivity index (χ1v) is 6.37. The molecule has 2 aromatic rings. The van der Waals surface area contributed by atoms with Crippen LogP contribution in [0.1, 0.15) is 5.56 Å². The monoisotopic (exact) mass is 283 g/mol. The molecule has 0 atom stereocenters. The summed E-state index contributed by atoms with van der Waals surface area (Å²) in [6, 6.07) is 12.0. The standard InChI is InChI=1S/C14H12Cl2FN/c1-18(12-4-2-3-11(17)8-12)14-6-5-10(9-15)7-13(14)16/h2-8H,9H2,1H3. The highest BCUT2D eigenvalue weighted by Crippen LogP contribution is 2.31. The summed E-state index contributed by atoms with van der Waals surface area (Å²) in [6.45, 7) is 0. The van der Waals surface area contributed by atoms with E-state index in [2.05, 4.69) is 0 Å². The minimum Gasteiger partial charge on any atom is -0.343 e. The second-order valence-corrected chi connectivity index (χ2v) is 4.63. The van der Waals surface area contributed by atoms with Gasteiger partial charge in [0.05, 0.1) is 10.7 Å². The van der Waals surface area contributed by atoms with Gasteiger partial charge in [-0.05, 0) is 35.9 Å². The molecule has 0 bridgehead atoms. The van der Waals surface area contributed by atoms with Gasteiger partial charge in [-0.25, -0.2) is 4.39 Å². The van der Waals surface area contributed by atoms with Crippen LogP contribution in [0.15, 0.2) is 42.5 Å². The lowest BCUT2D eigenvalue weighted by molar-refractivity contribution is 0.628. The van der Waals surface area contributed by atoms with E-state index in [0.29, 0.717) is 10.9 Å². The molecule has 0 aliphatic carbocycles. The highest BCUT2D eigenvalue weighted by molar-refractivity contribution is 6.33. The summed E-state index contributed by atoms with van der Waals surface area (Å²) in [5.74, 6) is 0.150. The van der Waals surface area contributed by atoms with Crippen LogP contribution in [0.3, 0.4) is 0 Å². The van der Waals surface area contributed by atoms with E-state index in [1.165, 1.54) is 12.1 Å². The normalized spacial score (nSPS) is 10.4. The van der Waals surface area contributed by atoms with Gasteiger partial charge < -0.3 is 4.90 Å². The van der Waals surface area contributed by atoms with Crippen LogP contribution in [0.2, 0.25) is 5.02 Å². The first-order chi connectivity index (χ1) is 8.61. The Morgan fingerprint density at radius 1 is 1.17 bits per heavy atom. The van der Waals surface area contributed by atoms with Crippen LogP contribution in [0, 0.1) is 5.82 Å². The first-order valence-electron chi connectivity index (χ1n) is 5.45. The molecule has 2 aromatic carbocycles. The van der Waals surface area contributed by atoms with Gasteiger partial charge in [-0.2, -0.15) is 0 Å². The third-order valence-corrected chi connectivity index (χ3v) is 3.33. The van der Waals surface area contributed by atoms with Crippen molar-refractivity contribution in [3.8, 4) is 0 Å². The molecule has 0 saturated heterocycles. The fourth-order valence-corrected chi connectivity index (χ4v) is 2.23. The minimum atomic E-state index is -0.271. The van der Waals surface area contributed by atoms with Crippen molar-refractivity contribution in [2.45, 2.75) is 5.88 Å². The Balaban J connectivity index is 2.37.